The number of thiophene rings is 1. The summed E-state index contributed by atoms with van der Waals surface area (Å²) in [6, 6.07) is 0. The minimum absolute atomic E-state index is 0.0407. The number of hydrogen-bond donors (Lipinski definition) is 1. The Morgan fingerprint density at radius 2 is 2.36 bits per heavy atom. The van der Waals surface area contributed by atoms with Crippen LogP contribution in [0.4, 0.5) is 5.69 Å². The predicted molar refractivity (Wildman–Crippen MR) is 52.6 cm³/mol. The van der Waals surface area contributed by atoms with Crippen molar-refractivity contribution in [1.29, 1.82) is 0 Å². The van der Waals surface area contributed by atoms with E-state index in [9.17, 15) is 9.59 Å². The van der Waals surface area contributed by atoms with E-state index in [1.54, 1.807) is 0 Å². The number of nitrogens with one attached hydrogen (secondary N) is 1. The zero-order valence-corrected chi connectivity index (χ0v) is 8.44. The number of amides is 1. The molecule has 0 atom stereocenters. The van der Waals surface area contributed by atoms with E-state index >= 15 is 0 Å². The first-order valence-corrected chi connectivity index (χ1v) is 5.09. The number of carbonyl (C=O) groups excluding carboxylic acids is 2. The molecule has 0 saturated carbocycles. The molecule has 0 radical (unpaired) electrons. The van der Waals surface area contributed by atoms with Crippen molar-refractivity contribution in [2.75, 3.05) is 12.4 Å². The lowest BCUT2D eigenvalue weighted by molar-refractivity contribution is -0.116. The van der Waals surface area contributed by atoms with E-state index in [1.165, 1.54) is 18.4 Å². The average molecular weight is 211 g/mol. The third-order valence-corrected chi connectivity index (χ3v) is 3.13. The number of carbonyl (C=O) groups is 2. The van der Waals surface area contributed by atoms with Crippen LogP contribution in [0.5, 0.6) is 0 Å². The highest BCUT2D eigenvalue weighted by molar-refractivity contribution is 7.12. The van der Waals surface area contributed by atoms with Gasteiger partial charge in [0, 0.05) is 6.42 Å². The smallest absolute Gasteiger partial charge is 0.350 e. The summed E-state index contributed by atoms with van der Waals surface area (Å²) in [5, 5.41) is 4.58. The van der Waals surface area contributed by atoms with Gasteiger partial charge in [0.2, 0.25) is 5.91 Å². The van der Waals surface area contributed by atoms with Crippen LogP contribution < -0.4 is 5.32 Å². The van der Waals surface area contributed by atoms with Crippen LogP contribution in [0.3, 0.4) is 0 Å². The van der Waals surface area contributed by atoms with Crippen LogP contribution in [-0.2, 0) is 16.0 Å². The van der Waals surface area contributed by atoms with Crippen molar-refractivity contribution in [3.63, 3.8) is 0 Å². The SMILES string of the molecule is COC(=O)c1scc2c1NC(=O)CC2. The highest BCUT2D eigenvalue weighted by Crippen LogP contribution is 2.32. The molecule has 2 rings (SSSR count). The number of esters is 1. The lowest BCUT2D eigenvalue weighted by atomic mass is 10.1. The Morgan fingerprint density at radius 1 is 1.57 bits per heavy atom. The average Bonchev–Trinajstić information content (AvgIpc) is 2.59. The molecule has 14 heavy (non-hydrogen) atoms. The minimum Gasteiger partial charge on any atom is -0.465 e. The Morgan fingerprint density at radius 3 is 3.07 bits per heavy atom. The maximum atomic E-state index is 11.3. The molecule has 0 aromatic carbocycles. The van der Waals surface area contributed by atoms with E-state index in [2.05, 4.69) is 10.1 Å². The number of hydrogen-bond acceptors (Lipinski definition) is 4. The number of methoxy groups -OCH3 is 1. The lowest BCUT2D eigenvalue weighted by Gasteiger charge is -2.13. The van der Waals surface area contributed by atoms with Gasteiger partial charge in [-0.1, -0.05) is 0 Å². The van der Waals surface area contributed by atoms with Gasteiger partial charge in [0.25, 0.3) is 0 Å². The van der Waals surface area contributed by atoms with Crippen LogP contribution in [0, 0.1) is 0 Å². The molecule has 1 aliphatic heterocycles. The summed E-state index contributed by atoms with van der Waals surface area (Å²) in [5.74, 6) is -0.431. The number of fused-ring (bicyclic) bond motifs is 1. The molecular weight excluding hydrogens is 202 g/mol. The predicted octanol–water partition coefficient (Wildman–Crippen LogP) is 1.42. The Balaban J connectivity index is 2.40. The fraction of sp³-hybridized carbons (Fsp3) is 0.333. The molecule has 0 aliphatic carbocycles. The first-order chi connectivity index (χ1) is 6.72. The second-order valence-electron chi connectivity index (χ2n) is 3.00. The van der Waals surface area contributed by atoms with Crippen molar-refractivity contribution in [2.24, 2.45) is 0 Å². The third kappa shape index (κ3) is 1.39. The molecule has 0 spiro atoms. The Kier molecular flexibility index (Phi) is 2.25. The summed E-state index contributed by atoms with van der Waals surface area (Å²) < 4.78 is 4.62. The second kappa shape index (κ2) is 3.42. The van der Waals surface area contributed by atoms with Gasteiger partial charge >= 0.3 is 5.97 Å². The number of aryl methyl sites for hydroxylation is 1. The molecular formula is C9H9NO3S. The molecule has 4 nitrogen and oxygen atoms in total. The Hall–Kier alpha value is -1.36. The lowest BCUT2D eigenvalue weighted by Crippen LogP contribution is -2.19. The summed E-state index contributed by atoms with van der Waals surface area (Å²) in [6.07, 6.45) is 1.19. The molecule has 1 aromatic rings. The van der Waals surface area contributed by atoms with E-state index in [0.717, 1.165) is 5.56 Å². The summed E-state index contributed by atoms with van der Waals surface area (Å²) in [6.45, 7) is 0. The molecule has 0 unspecified atom stereocenters. The van der Waals surface area contributed by atoms with Gasteiger partial charge in [0.1, 0.15) is 4.88 Å². The molecule has 0 saturated heterocycles. The van der Waals surface area contributed by atoms with E-state index in [0.29, 0.717) is 23.4 Å². The van der Waals surface area contributed by atoms with Gasteiger partial charge in [-0.25, -0.2) is 4.79 Å². The van der Waals surface area contributed by atoms with Gasteiger partial charge in [-0.15, -0.1) is 11.3 Å². The van der Waals surface area contributed by atoms with E-state index in [4.69, 9.17) is 0 Å². The zero-order chi connectivity index (χ0) is 10.1. The largest absolute Gasteiger partial charge is 0.465 e. The van der Waals surface area contributed by atoms with Crippen molar-refractivity contribution in [3.8, 4) is 0 Å². The monoisotopic (exact) mass is 211 g/mol. The maximum Gasteiger partial charge on any atom is 0.350 e. The van der Waals surface area contributed by atoms with Crippen molar-refractivity contribution in [2.45, 2.75) is 12.8 Å². The summed E-state index contributed by atoms with van der Waals surface area (Å²) in [4.78, 5) is 22.9. The Bertz CT molecular complexity index is 397. The first-order valence-electron chi connectivity index (χ1n) is 4.21. The van der Waals surface area contributed by atoms with Crippen molar-refractivity contribution < 1.29 is 14.3 Å². The molecule has 74 valence electrons. The van der Waals surface area contributed by atoms with Gasteiger partial charge < -0.3 is 10.1 Å². The van der Waals surface area contributed by atoms with Crippen molar-refractivity contribution in [1.82, 2.24) is 0 Å². The normalized spacial score (nSPS) is 14.5. The van der Waals surface area contributed by atoms with Gasteiger partial charge in [0.15, 0.2) is 0 Å². The summed E-state index contributed by atoms with van der Waals surface area (Å²) in [5.41, 5.74) is 1.66. The molecule has 0 fully saturated rings. The van der Waals surface area contributed by atoms with Crippen LogP contribution in [0.25, 0.3) is 0 Å². The number of rotatable bonds is 1. The van der Waals surface area contributed by atoms with Crippen LogP contribution in [0.2, 0.25) is 0 Å². The molecule has 1 amide bonds. The summed E-state index contributed by atoms with van der Waals surface area (Å²) in [7, 11) is 1.33. The molecule has 0 bridgehead atoms. The molecule has 1 aliphatic rings. The molecule has 5 heteroatoms. The van der Waals surface area contributed by atoms with E-state index in [-0.39, 0.29) is 5.91 Å². The van der Waals surface area contributed by atoms with Crippen LogP contribution in [0.1, 0.15) is 21.7 Å². The molecule has 2 heterocycles. The zero-order valence-electron chi connectivity index (χ0n) is 7.62. The van der Waals surface area contributed by atoms with Gasteiger partial charge in [-0.2, -0.15) is 0 Å². The fourth-order valence-electron chi connectivity index (χ4n) is 1.41. The molecule has 1 N–H and O–H groups in total. The van der Waals surface area contributed by atoms with E-state index in [1.807, 2.05) is 5.38 Å². The minimum atomic E-state index is -0.390. The van der Waals surface area contributed by atoms with Gasteiger partial charge in [0.05, 0.1) is 12.8 Å². The first kappa shape index (κ1) is 9.21. The molecule has 1 aromatic heterocycles. The second-order valence-corrected chi connectivity index (χ2v) is 3.88. The highest BCUT2D eigenvalue weighted by Gasteiger charge is 2.23. The van der Waals surface area contributed by atoms with E-state index < -0.39 is 5.97 Å². The standard InChI is InChI=1S/C9H9NO3S/c1-13-9(12)8-7-5(4-14-8)2-3-6(11)10-7/h4H,2-3H2,1H3,(H,10,11). The Labute approximate surface area is 84.9 Å². The van der Waals surface area contributed by atoms with Crippen LogP contribution in [-0.4, -0.2) is 19.0 Å². The van der Waals surface area contributed by atoms with Crippen LogP contribution in [0.15, 0.2) is 5.38 Å². The summed E-state index contributed by atoms with van der Waals surface area (Å²) >= 11 is 1.31. The van der Waals surface area contributed by atoms with Gasteiger partial charge in [-0.3, -0.25) is 4.79 Å². The van der Waals surface area contributed by atoms with Crippen molar-refractivity contribution >= 4 is 28.9 Å². The highest BCUT2D eigenvalue weighted by atomic mass is 32.1. The van der Waals surface area contributed by atoms with Crippen molar-refractivity contribution in [3.05, 3.63) is 15.8 Å². The van der Waals surface area contributed by atoms with Gasteiger partial charge in [-0.05, 0) is 17.4 Å². The fourth-order valence-corrected chi connectivity index (χ4v) is 2.38. The number of ether oxygens (including phenoxy) is 1. The van der Waals surface area contributed by atoms with Crippen LogP contribution >= 0.6 is 11.3 Å². The third-order valence-electron chi connectivity index (χ3n) is 2.12. The number of anilines is 1. The quantitative estimate of drug-likeness (QED) is 0.715. The maximum absolute atomic E-state index is 11.3. The topological polar surface area (TPSA) is 55.4 Å².